The van der Waals surface area contributed by atoms with Crippen LogP contribution in [0.1, 0.15) is 19.4 Å². The van der Waals surface area contributed by atoms with Gasteiger partial charge in [-0.15, -0.1) is 0 Å². The lowest BCUT2D eigenvalue weighted by Crippen LogP contribution is -2.34. The van der Waals surface area contributed by atoms with Crippen molar-refractivity contribution in [2.45, 2.75) is 26.1 Å². The Morgan fingerprint density at radius 2 is 1.95 bits per heavy atom. The van der Waals surface area contributed by atoms with E-state index < -0.39 is 17.6 Å². The first-order valence-corrected chi connectivity index (χ1v) is 5.60. The first-order valence-electron chi connectivity index (χ1n) is 5.60. The summed E-state index contributed by atoms with van der Waals surface area (Å²) in [5, 5.41) is 5.08. The van der Waals surface area contributed by atoms with Crippen LogP contribution in [0, 0.1) is 5.82 Å². The maximum absolute atomic E-state index is 13.0. The third kappa shape index (κ3) is 4.76. The van der Waals surface area contributed by atoms with Gasteiger partial charge in [0, 0.05) is 11.7 Å². The molecular formula is C12H14F4N2O. The molecule has 2 N–H and O–H groups in total. The molecule has 0 aliphatic heterocycles. The number of anilines is 1. The predicted molar refractivity (Wildman–Crippen MR) is 63.2 cm³/mol. The molecule has 0 aromatic heterocycles. The number of alkyl halides is 3. The number of hydrogen-bond donors (Lipinski definition) is 2. The highest BCUT2D eigenvalue weighted by Crippen LogP contribution is 2.32. The quantitative estimate of drug-likeness (QED) is 0.831. The number of benzene rings is 1. The zero-order chi connectivity index (χ0) is 14.6. The second-order valence-corrected chi connectivity index (χ2v) is 4.27. The van der Waals surface area contributed by atoms with E-state index in [1.54, 1.807) is 13.8 Å². The van der Waals surface area contributed by atoms with Gasteiger partial charge >= 0.3 is 6.18 Å². The number of rotatable bonds is 4. The predicted octanol–water partition coefficient (Wildman–Crippen LogP) is 2.78. The summed E-state index contributed by atoms with van der Waals surface area (Å²) >= 11 is 0. The molecule has 0 aliphatic carbocycles. The maximum Gasteiger partial charge on any atom is 0.419 e. The molecule has 0 radical (unpaired) electrons. The molecule has 0 aliphatic rings. The fourth-order valence-electron chi connectivity index (χ4n) is 1.41. The summed E-state index contributed by atoms with van der Waals surface area (Å²) in [6, 6.07) is 2.43. The van der Waals surface area contributed by atoms with E-state index >= 15 is 0 Å². The lowest BCUT2D eigenvalue weighted by molar-refractivity contribution is -0.139. The topological polar surface area (TPSA) is 41.1 Å². The standard InChI is InChI=1S/C12H14F4N2O/c1-7(2)18-11(19)6-17-8-3-4-10(13)9(5-8)12(14,15)16/h3-5,7,17H,6H2,1-2H3,(H,18,19). The molecule has 19 heavy (non-hydrogen) atoms. The number of amides is 1. The largest absolute Gasteiger partial charge is 0.419 e. The molecule has 0 fully saturated rings. The molecule has 3 nitrogen and oxygen atoms in total. The zero-order valence-electron chi connectivity index (χ0n) is 10.4. The van der Waals surface area contributed by atoms with Crippen LogP contribution in [0.2, 0.25) is 0 Å². The van der Waals surface area contributed by atoms with Crippen molar-refractivity contribution in [1.82, 2.24) is 5.32 Å². The van der Waals surface area contributed by atoms with E-state index in [9.17, 15) is 22.4 Å². The lowest BCUT2D eigenvalue weighted by atomic mass is 10.2. The van der Waals surface area contributed by atoms with Crippen LogP contribution >= 0.6 is 0 Å². The van der Waals surface area contributed by atoms with Gasteiger partial charge in [-0.05, 0) is 32.0 Å². The van der Waals surface area contributed by atoms with E-state index in [1.807, 2.05) is 0 Å². The minimum absolute atomic E-state index is 0.0348. The van der Waals surface area contributed by atoms with Crippen molar-refractivity contribution in [2.24, 2.45) is 0 Å². The fraction of sp³-hybridized carbons (Fsp3) is 0.417. The van der Waals surface area contributed by atoms with Gasteiger partial charge in [-0.3, -0.25) is 4.79 Å². The Labute approximate surface area is 108 Å². The highest BCUT2D eigenvalue weighted by atomic mass is 19.4. The van der Waals surface area contributed by atoms with Gasteiger partial charge in [0.15, 0.2) is 0 Å². The Morgan fingerprint density at radius 1 is 1.32 bits per heavy atom. The molecule has 1 aromatic rings. The van der Waals surface area contributed by atoms with Gasteiger partial charge in [0.1, 0.15) is 5.82 Å². The van der Waals surface area contributed by atoms with Crippen molar-refractivity contribution in [1.29, 1.82) is 0 Å². The smallest absolute Gasteiger partial charge is 0.376 e. The van der Waals surface area contributed by atoms with Crippen molar-refractivity contribution in [3.05, 3.63) is 29.6 Å². The van der Waals surface area contributed by atoms with Crippen molar-refractivity contribution in [3.63, 3.8) is 0 Å². The molecule has 0 atom stereocenters. The van der Waals surface area contributed by atoms with Gasteiger partial charge in [0.25, 0.3) is 0 Å². The summed E-state index contributed by atoms with van der Waals surface area (Å²) in [5.41, 5.74) is -1.32. The Bertz CT molecular complexity index is 458. The number of hydrogen-bond acceptors (Lipinski definition) is 2. The van der Waals surface area contributed by atoms with Crippen LogP contribution in [0.5, 0.6) is 0 Å². The van der Waals surface area contributed by atoms with Gasteiger partial charge < -0.3 is 10.6 Å². The molecule has 7 heteroatoms. The lowest BCUT2D eigenvalue weighted by Gasteiger charge is -2.12. The molecule has 0 bridgehead atoms. The van der Waals surface area contributed by atoms with E-state index in [4.69, 9.17) is 0 Å². The summed E-state index contributed by atoms with van der Waals surface area (Å²) in [6.07, 6.45) is -4.76. The van der Waals surface area contributed by atoms with Gasteiger partial charge in [-0.25, -0.2) is 4.39 Å². The van der Waals surface area contributed by atoms with Gasteiger partial charge in [-0.2, -0.15) is 13.2 Å². The molecular weight excluding hydrogens is 264 g/mol. The summed E-state index contributed by atoms with van der Waals surface area (Å²) in [6.45, 7) is 3.34. The molecule has 0 heterocycles. The summed E-state index contributed by atoms with van der Waals surface area (Å²) in [5.74, 6) is -1.70. The molecule has 106 valence electrons. The van der Waals surface area contributed by atoms with E-state index in [0.717, 1.165) is 6.07 Å². The van der Waals surface area contributed by atoms with E-state index in [1.165, 1.54) is 0 Å². The van der Waals surface area contributed by atoms with Crippen LogP contribution in [0.15, 0.2) is 18.2 Å². The fourth-order valence-corrected chi connectivity index (χ4v) is 1.41. The average Bonchev–Trinajstić information content (AvgIpc) is 2.25. The van der Waals surface area contributed by atoms with Crippen molar-refractivity contribution in [3.8, 4) is 0 Å². The zero-order valence-corrected chi connectivity index (χ0v) is 10.4. The molecule has 0 unspecified atom stereocenters. The van der Waals surface area contributed by atoms with E-state index in [2.05, 4.69) is 10.6 Å². The first kappa shape index (κ1) is 15.3. The molecule has 1 amide bonds. The average molecular weight is 278 g/mol. The molecule has 1 rings (SSSR count). The summed E-state index contributed by atoms with van der Waals surface area (Å²) in [7, 11) is 0. The number of carbonyl (C=O) groups is 1. The highest BCUT2D eigenvalue weighted by molar-refractivity contribution is 5.80. The van der Waals surface area contributed by atoms with Gasteiger partial charge in [-0.1, -0.05) is 0 Å². The highest BCUT2D eigenvalue weighted by Gasteiger charge is 2.34. The number of nitrogens with one attached hydrogen (secondary N) is 2. The summed E-state index contributed by atoms with van der Waals surface area (Å²) in [4.78, 5) is 11.3. The van der Waals surface area contributed by atoms with Crippen LogP contribution in [0.3, 0.4) is 0 Å². The Kier molecular flexibility index (Phi) is 4.74. The molecule has 0 saturated carbocycles. The SMILES string of the molecule is CC(C)NC(=O)CNc1ccc(F)c(C(F)(F)F)c1. The van der Waals surface area contributed by atoms with E-state index in [0.29, 0.717) is 12.1 Å². The van der Waals surface area contributed by atoms with Crippen LogP contribution in [0.4, 0.5) is 23.2 Å². The minimum Gasteiger partial charge on any atom is -0.376 e. The second kappa shape index (κ2) is 5.90. The Hall–Kier alpha value is -1.79. The monoisotopic (exact) mass is 278 g/mol. The maximum atomic E-state index is 13.0. The molecule has 0 saturated heterocycles. The van der Waals surface area contributed by atoms with Crippen LogP contribution < -0.4 is 10.6 Å². The molecule has 1 aromatic carbocycles. The minimum atomic E-state index is -4.76. The normalized spacial score (nSPS) is 11.5. The first-order chi connectivity index (χ1) is 8.70. The van der Waals surface area contributed by atoms with Crippen molar-refractivity contribution >= 4 is 11.6 Å². The second-order valence-electron chi connectivity index (χ2n) is 4.27. The van der Waals surface area contributed by atoms with E-state index in [-0.39, 0.29) is 24.2 Å². The van der Waals surface area contributed by atoms with Gasteiger partial charge in [0.2, 0.25) is 5.91 Å². The Balaban J connectivity index is 2.73. The number of carbonyl (C=O) groups excluding carboxylic acids is 1. The summed E-state index contributed by atoms with van der Waals surface area (Å²) < 4.78 is 50.4. The molecule has 0 spiro atoms. The Morgan fingerprint density at radius 3 is 2.47 bits per heavy atom. The van der Waals surface area contributed by atoms with Crippen LogP contribution in [0.25, 0.3) is 0 Å². The van der Waals surface area contributed by atoms with Crippen LogP contribution in [-0.2, 0) is 11.0 Å². The third-order valence-corrected chi connectivity index (χ3v) is 2.17. The number of halogens is 4. The van der Waals surface area contributed by atoms with Gasteiger partial charge in [0.05, 0.1) is 12.1 Å². The third-order valence-electron chi connectivity index (χ3n) is 2.17. The van der Waals surface area contributed by atoms with Crippen molar-refractivity contribution in [2.75, 3.05) is 11.9 Å². The van der Waals surface area contributed by atoms with Crippen LogP contribution in [-0.4, -0.2) is 18.5 Å². The van der Waals surface area contributed by atoms with Crippen molar-refractivity contribution < 1.29 is 22.4 Å².